The van der Waals surface area contributed by atoms with E-state index in [-0.39, 0.29) is 12.0 Å². The van der Waals surface area contributed by atoms with E-state index >= 15 is 0 Å². The number of benzene rings is 1. The van der Waals surface area contributed by atoms with Crippen LogP contribution < -0.4 is 10.6 Å². The fourth-order valence-corrected chi connectivity index (χ4v) is 3.69. The number of hydrogen-bond acceptors (Lipinski definition) is 5. The van der Waals surface area contributed by atoms with Crippen LogP contribution in [0.3, 0.4) is 0 Å². The molecule has 0 aliphatic carbocycles. The number of nitrogens with one attached hydrogen (secondary N) is 2. The molecule has 3 rings (SSSR count). The summed E-state index contributed by atoms with van der Waals surface area (Å²) in [7, 11) is 1.77. The quantitative estimate of drug-likeness (QED) is 0.393. The Hall–Kier alpha value is -2.80. The van der Waals surface area contributed by atoms with Gasteiger partial charge in [0.05, 0.1) is 24.5 Å². The molecule has 2 aromatic rings. The summed E-state index contributed by atoms with van der Waals surface area (Å²) in [5.41, 5.74) is 1.62. The second-order valence-corrected chi connectivity index (χ2v) is 7.35. The van der Waals surface area contributed by atoms with E-state index in [0.29, 0.717) is 18.7 Å². The third kappa shape index (κ3) is 6.10. The lowest BCUT2D eigenvalue weighted by atomic mass is 10.1. The third-order valence-electron chi connectivity index (χ3n) is 5.31. The number of carbonyl (C=O) groups excluding carboxylic acids is 1. The topological polar surface area (TPSA) is 79.1 Å². The van der Waals surface area contributed by atoms with Crippen molar-refractivity contribution in [1.82, 2.24) is 15.5 Å². The van der Waals surface area contributed by atoms with Crippen molar-refractivity contribution in [3.63, 3.8) is 0 Å². The molecule has 1 fully saturated rings. The van der Waals surface area contributed by atoms with Crippen LogP contribution in [0.4, 0.5) is 0 Å². The van der Waals surface area contributed by atoms with Crippen molar-refractivity contribution in [2.24, 2.45) is 4.99 Å². The Bertz CT molecular complexity index is 796. The Labute approximate surface area is 178 Å². The number of piperidine rings is 1. The summed E-state index contributed by atoms with van der Waals surface area (Å²) in [5.74, 6) is 1.42. The zero-order chi connectivity index (χ0) is 21.2. The summed E-state index contributed by atoms with van der Waals surface area (Å²) < 4.78 is 10.7. The number of hydrogen-bond donors (Lipinski definition) is 2. The minimum Gasteiger partial charge on any atom is -0.468 e. The van der Waals surface area contributed by atoms with Gasteiger partial charge in [0.2, 0.25) is 0 Å². The summed E-state index contributed by atoms with van der Waals surface area (Å²) >= 11 is 0. The molecule has 30 heavy (non-hydrogen) atoms. The Kier molecular flexibility index (Phi) is 8.32. The molecular weight excluding hydrogens is 380 g/mol. The van der Waals surface area contributed by atoms with E-state index in [1.165, 1.54) is 19.3 Å². The Morgan fingerprint density at radius 3 is 2.57 bits per heavy atom. The molecule has 2 N–H and O–H groups in total. The first-order chi connectivity index (χ1) is 14.7. The number of nitrogens with zero attached hydrogens (tertiary/aromatic N) is 2. The van der Waals surface area contributed by atoms with Crippen LogP contribution in [0.5, 0.6) is 0 Å². The van der Waals surface area contributed by atoms with E-state index in [0.717, 1.165) is 36.9 Å². The fourth-order valence-electron chi connectivity index (χ4n) is 3.69. The summed E-state index contributed by atoms with van der Waals surface area (Å²) in [4.78, 5) is 18.6. The predicted molar refractivity (Wildman–Crippen MR) is 117 cm³/mol. The number of furan rings is 1. The highest BCUT2D eigenvalue weighted by Crippen LogP contribution is 2.24. The SMILES string of the molecule is CCOC(=O)c1ccc(CNC(=NC)NCC(c2ccco2)N2CCCCC2)cc1. The van der Waals surface area contributed by atoms with Crippen LogP contribution >= 0.6 is 0 Å². The average molecular weight is 413 g/mol. The average Bonchev–Trinajstić information content (AvgIpc) is 3.32. The molecular formula is C23H32N4O3. The molecule has 0 bridgehead atoms. The summed E-state index contributed by atoms with van der Waals surface area (Å²) in [5, 5.41) is 6.77. The van der Waals surface area contributed by atoms with E-state index < -0.39 is 0 Å². The number of guanidine groups is 1. The van der Waals surface area contributed by atoms with Crippen LogP contribution in [-0.4, -0.2) is 50.1 Å². The molecule has 162 valence electrons. The van der Waals surface area contributed by atoms with Crippen LogP contribution in [0.25, 0.3) is 0 Å². The molecule has 1 aromatic carbocycles. The molecule has 1 aromatic heterocycles. The van der Waals surface area contributed by atoms with Gasteiger partial charge in [-0.1, -0.05) is 18.6 Å². The van der Waals surface area contributed by atoms with Gasteiger partial charge < -0.3 is 19.8 Å². The van der Waals surface area contributed by atoms with E-state index in [1.54, 1.807) is 32.4 Å². The smallest absolute Gasteiger partial charge is 0.338 e. The van der Waals surface area contributed by atoms with Crippen LogP contribution in [0.15, 0.2) is 52.1 Å². The van der Waals surface area contributed by atoms with Gasteiger partial charge in [-0.3, -0.25) is 9.89 Å². The summed E-state index contributed by atoms with van der Waals surface area (Å²) in [6.07, 6.45) is 5.49. The maximum absolute atomic E-state index is 11.8. The lowest BCUT2D eigenvalue weighted by molar-refractivity contribution is 0.0526. The van der Waals surface area contributed by atoms with Crippen LogP contribution in [0.1, 0.15) is 53.9 Å². The van der Waals surface area contributed by atoms with Crippen LogP contribution in [0, 0.1) is 0 Å². The molecule has 0 spiro atoms. The van der Waals surface area contributed by atoms with Gasteiger partial charge in [-0.05, 0) is 62.7 Å². The fraction of sp³-hybridized carbons (Fsp3) is 0.478. The monoisotopic (exact) mass is 412 g/mol. The first kappa shape index (κ1) is 21.9. The first-order valence-corrected chi connectivity index (χ1v) is 10.7. The van der Waals surface area contributed by atoms with Gasteiger partial charge >= 0.3 is 5.97 Å². The Morgan fingerprint density at radius 1 is 1.17 bits per heavy atom. The van der Waals surface area contributed by atoms with Gasteiger partial charge in [0.1, 0.15) is 5.76 Å². The molecule has 1 atom stereocenters. The zero-order valence-electron chi connectivity index (χ0n) is 17.9. The van der Waals surface area contributed by atoms with Crippen molar-refractivity contribution < 1.29 is 13.9 Å². The molecule has 7 nitrogen and oxygen atoms in total. The highest BCUT2D eigenvalue weighted by Gasteiger charge is 2.24. The van der Waals surface area contributed by atoms with E-state index in [2.05, 4.69) is 20.5 Å². The Morgan fingerprint density at radius 2 is 1.93 bits per heavy atom. The van der Waals surface area contributed by atoms with E-state index in [9.17, 15) is 4.79 Å². The van der Waals surface area contributed by atoms with Crippen LogP contribution in [-0.2, 0) is 11.3 Å². The minimum absolute atomic E-state index is 0.183. The van der Waals surface area contributed by atoms with Gasteiger partial charge in [-0.25, -0.2) is 4.79 Å². The van der Waals surface area contributed by atoms with Crippen molar-refractivity contribution in [3.8, 4) is 0 Å². The largest absolute Gasteiger partial charge is 0.468 e. The molecule has 0 radical (unpaired) electrons. The number of likely N-dealkylation sites (tertiary alicyclic amines) is 1. The number of rotatable bonds is 8. The van der Waals surface area contributed by atoms with Crippen molar-refractivity contribution >= 4 is 11.9 Å². The number of carbonyl (C=O) groups is 1. The van der Waals surface area contributed by atoms with Crippen molar-refractivity contribution in [1.29, 1.82) is 0 Å². The maximum Gasteiger partial charge on any atom is 0.338 e. The second kappa shape index (κ2) is 11.4. The van der Waals surface area contributed by atoms with Gasteiger partial charge in [-0.2, -0.15) is 0 Å². The highest BCUT2D eigenvalue weighted by atomic mass is 16.5. The molecule has 0 saturated carbocycles. The Balaban J connectivity index is 1.53. The van der Waals surface area contributed by atoms with E-state index in [4.69, 9.17) is 9.15 Å². The number of ether oxygens (including phenoxy) is 1. The van der Waals surface area contributed by atoms with E-state index in [1.807, 2.05) is 24.3 Å². The first-order valence-electron chi connectivity index (χ1n) is 10.7. The lowest BCUT2D eigenvalue weighted by Crippen LogP contribution is -2.44. The molecule has 1 unspecified atom stereocenters. The standard InChI is InChI=1S/C23H32N4O3/c1-3-29-22(28)19-11-9-18(10-12-19)16-25-23(24-2)26-17-20(21-8-7-15-30-21)27-13-5-4-6-14-27/h7-12,15,20H,3-6,13-14,16-17H2,1-2H3,(H2,24,25,26). The normalized spacial score (nSPS) is 16.1. The molecule has 1 aliphatic heterocycles. The number of aliphatic imine (C=N–C) groups is 1. The summed E-state index contributed by atoms with van der Waals surface area (Å²) in [6.45, 7) is 5.68. The van der Waals surface area contributed by atoms with Gasteiger partial charge in [-0.15, -0.1) is 0 Å². The third-order valence-corrected chi connectivity index (χ3v) is 5.31. The van der Waals surface area contributed by atoms with Gasteiger partial charge in [0.25, 0.3) is 0 Å². The molecule has 1 aliphatic rings. The van der Waals surface area contributed by atoms with Gasteiger partial charge in [0.15, 0.2) is 5.96 Å². The zero-order valence-corrected chi connectivity index (χ0v) is 17.9. The molecule has 1 saturated heterocycles. The maximum atomic E-state index is 11.8. The summed E-state index contributed by atoms with van der Waals surface area (Å²) in [6, 6.07) is 11.6. The second-order valence-electron chi connectivity index (χ2n) is 7.35. The predicted octanol–water partition coefficient (Wildman–Crippen LogP) is 3.35. The van der Waals surface area contributed by atoms with Crippen LogP contribution in [0.2, 0.25) is 0 Å². The molecule has 2 heterocycles. The number of esters is 1. The molecule has 0 amide bonds. The van der Waals surface area contributed by atoms with Crippen molar-refractivity contribution in [2.75, 3.05) is 33.3 Å². The minimum atomic E-state index is -0.295. The van der Waals surface area contributed by atoms with Crippen molar-refractivity contribution in [2.45, 2.75) is 38.8 Å². The molecule has 7 heteroatoms. The van der Waals surface area contributed by atoms with Crippen molar-refractivity contribution in [3.05, 3.63) is 59.5 Å². The van der Waals surface area contributed by atoms with Gasteiger partial charge in [0, 0.05) is 20.1 Å². The highest BCUT2D eigenvalue weighted by molar-refractivity contribution is 5.89. The lowest BCUT2D eigenvalue weighted by Gasteiger charge is -2.33.